The van der Waals surface area contributed by atoms with E-state index in [1.54, 1.807) is 36.7 Å². The quantitative estimate of drug-likeness (QED) is 0.655. The Kier molecular flexibility index (Phi) is 5.94. The molecule has 0 aliphatic carbocycles. The van der Waals surface area contributed by atoms with Gasteiger partial charge in [-0.2, -0.15) is 0 Å². The highest BCUT2D eigenvalue weighted by Crippen LogP contribution is 2.14. The molecule has 3 rings (SSSR count). The van der Waals surface area contributed by atoms with Gasteiger partial charge < -0.3 is 5.32 Å². The molecule has 26 heavy (non-hydrogen) atoms. The van der Waals surface area contributed by atoms with E-state index in [0.29, 0.717) is 10.6 Å². The third kappa shape index (κ3) is 5.12. The van der Waals surface area contributed by atoms with Crippen molar-refractivity contribution in [2.45, 2.75) is 6.42 Å². The molecule has 0 radical (unpaired) electrons. The number of carbonyl (C=O) groups is 1. The minimum absolute atomic E-state index is 0.233. The monoisotopic (exact) mass is 381 g/mol. The van der Waals surface area contributed by atoms with Crippen molar-refractivity contribution in [2.75, 3.05) is 5.32 Å². The number of halogens is 1. The highest BCUT2D eigenvalue weighted by molar-refractivity contribution is 7.80. The van der Waals surface area contributed by atoms with Crippen molar-refractivity contribution in [3.05, 3.63) is 94.8 Å². The van der Waals surface area contributed by atoms with Crippen LogP contribution in [0.15, 0.2) is 73.1 Å². The number of aromatic nitrogens is 1. The molecule has 0 fully saturated rings. The van der Waals surface area contributed by atoms with Crippen molar-refractivity contribution in [3.8, 4) is 0 Å². The maximum Gasteiger partial charge on any atom is 0.257 e. The molecule has 0 bridgehead atoms. The Morgan fingerprint density at radius 1 is 1.00 bits per heavy atom. The summed E-state index contributed by atoms with van der Waals surface area (Å²) in [4.78, 5) is 16.2. The standard InChI is InChI=1S/C20H16ClN3OS/c21-17-3-1-2-16(13-17)19(25)24-20(26)23-18-6-4-14(5-7-18)12-15-8-10-22-11-9-15/h1-11,13H,12H2,(H2,23,24,25,26). The molecule has 2 aromatic carbocycles. The summed E-state index contributed by atoms with van der Waals surface area (Å²) in [6.07, 6.45) is 4.40. The molecule has 0 aliphatic heterocycles. The third-order valence-electron chi connectivity index (χ3n) is 3.68. The third-order valence-corrected chi connectivity index (χ3v) is 4.12. The van der Waals surface area contributed by atoms with Crippen LogP contribution in [0.25, 0.3) is 0 Å². The smallest absolute Gasteiger partial charge is 0.257 e. The Bertz CT molecular complexity index is 914. The molecular formula is C20H16ClN3OS. The zero-order chi connectivity index (χ0) is 18.4. The van der Waals surface area contributed by atoms with Gasteiger partial charge in [-0.3, -0.25) is 15.1 Å². The van der Waals surface area contributed by atoms with Crippen LogP contribution in [0.2, 0.25) is 5.02 Å². The van der Waals surface area contributed by atoms with Crippen molar-refractivity contribution >= 4 is 40.5 Å². The van der Waals surface area contributed by atoms with Gasteiger partial charge in [0.15, 0.2) is 5.11 Å². The van der Waals surface area contributed by atoms with Gasteiger partial charge in [-0.1, -0.05) is 29.8 Å². The summed E-state index contributed by atoms with van der Waals surface area (Å²) < 4.78 is 0. The summed E-state index contributed by atoms with van der Waals surface area (Å²) in [5.41, 5.74) is 3.63. The van der Waals surface area contributed by atoms with E-state index in [1.165, 1.54) is 11.1 Å². The average Bonchev–Trinajstić information content (AvgIpc) is 2.64. The van der Waals surface area contributed by atoms with Crippen molar-refractivity contribution in [3.63, 3.8) is 0 Å². The summed E-state index contributed by atoms with van der Waals surface area (Å²) in [5.74, 6) is -0.306. The first kappa shape index (κ1) is 18.0. The van der Waals surface area contributed by atoms with E-state index < -0.39 is 0 Å². The van der Waals surface area contributed by atoms with Crippen LogP contribution in [0.3, 0.4) is 0 Å². The van der Waals surface area contributed by atoms with E-state index in [2.05, 4.69) is 15.6 Å². The Labute approximate surface area is 162 Å². The van der Waals surface area contributed by atoms with Gasteiger partial charge in [0, 0.05) is 28.7 Å². The first-order valence-corrected chi connectivity index (χ1v) is 8.74. The Morgan fingerprint density at radius 3 is 2.38 bits per heavy atom. The van der Waals surface area contributed by atoms with Gasteiger partial charge in [-0.25, -0.2) is 0 Å². The first-order chi connectivity index (χ1) is 12.6. The zero-order valence-corrected chi connectivity index (χ0v) is 15.3. The van der Waals surface area contributed by atoms with Gasteiger partial charge in [0.2, 0.25) is 0 Å². The lowest BCUT2D eigenvalue weighted by molar-refractivity contribution is 0.0977. The predicted molar refractivity (Wildman–Crippen MR) is 109 cm³/mol. The number of anilines is 1. The van der Waals surface area contributed by atoms with E-state index >= 15 is 0 Å². The van der Waals surface area contributed by atoms with Crippen LogP contribution in [-0.4, -0.2) is 16.0 Å². The highest BCUT2D eigenvalue weighted by Gasteiger charge is 2.08. The lowest BCUT2D eigenvalue weighted by atomic mass is 10.1. The molecule has 0 saturated heterocycles. The maximum absolute atomic E-state index is 12.2. The number of carbonyl (C=O) groups excluding carboxylic acids is 1. The second-order valence-corrected chi connectivity index (χ2v) is 6.49. The SMILES string of the molecule is O=C(NC(=S)Nc1ccc(Cc2ccncc2)cc1)c1cccc(Cl)c1. The Hall–Kier alpha value is -2.76. The number of benzene rings is 2. The van der Waals surface area contributed by atoms with Crippen LogP contribution in [-0.2, 0) is 6.42 Å². The molecular weight excluding hydrogens is 366 g/mol. The maximum atomic E-state index is 12.2. The van der Waals surface area contributed by atoms with Crippen LogP contribution in [0, 0.1) is 0 Å². The zero-order valence-electron chi connectivity index (χ0n) is 13.8. The largest absolute Gasteiger partial charge is 0.332 e. The van der Waals surface area contributed by atoms with Crippen LogP contribution in [0.1, 0.15) is 21.5 Å². The Balaban J connectivity index is 1.56. The van der Waals surface area contributed by atoms with Gasteiger partial charge in [-0.15, -0.1) is 0 Å². The van der Waals surface area contributed by atoms with Gasteiger partial charge in [0.05, 0.1) is 0 Å². The van der Waals surface area contributed by atoms with Gasteiger partial charge in [0.25, 0.3) is 5.91 Å². The van der Waals surface area contributed by atoms with E-state index in [1.807, 2.05) is 36.4 Å². The topological polar surface area (TPSA) is 54.0 Å². The van der Waals surface area contributed by atoms with Crippen LogP contribution >= 0.6 is 23.8 Å². The molecule has 0 unspecified atom stereocenters. The number of rotatable bonds is 4. The molecule has 0 saturated carbocycles. The lowest BCUT2D eigenvalue weighted by Crippen LogP contribution is -2.34. The van der Waals surface area contributed by atoms with Crippen LogP contribution < -0.4 is 10.6 Å². The average molecular weight is 382 g/mol. The number of hydrogen-bond donors (Lipinski definition) is 2. The number of pyridine rings is 1. The van der Waals surface area contributed by atoms with E-state index in [-0.39, 0.29) is 11.0 Å². The molecule has 2 N–H and O–H groups in total. The molecule has 1 amide bonds. The molecule has 130 valence electrons. The molecule has 0 spiro atoms. The van der Waals surface area contributed by atoms with Crippen LogP contribution in [0.5, 0.6) is 0 Å². The predicted octanol–water partition coefficient (Wildman–Crippen LogP) is 4.45. The summed E-state index contributed by atoms with van der Waals surface area (Å²) in [6.45, 7) is 0. The minimum atomic E-state index is -0.306. The normalized spacial score (nSPS) is 10.2. The second kappa shape index (κ2) is 8.56. The van der Waals surface area contributed by atoms with E-state index in [4.69, 9.17) is 23.8 Å². The fourth-order valence-corrected chi connectivity index (χ4v) is 2.81. The fraction of sp³-hybridized carbons (Fsp3) is 0.0500. The van der Waals surface area contributed by atoms with Crippen molar-refractivity contribution in [1.82, 2.24) is 10.3 Å². The Morgan fingerprint density at radius 2 is 1.69 bits per heavy atom. The highest BCUT2D eigenvalue weighted by atomic mass is 35.5. The van der Waals surface area contributed by atoms with E-state index in [0.717, 1.165) is 12.1 Å². The number of thiocarbonyl (C=S) groups is 1. The molecule has 1 heterocycles. The molecule has 0 atom stereocenters. The number of hydrogen-bond acceptors (Lipinski definition) is 3. The number of nitrogens with zero attached hydrogens (tertiary/aromatic N) is 1. The second-order valence-electron chi connectivity index (χ2n) is 5.65. The summed E-state index contributed by atoms with van der Waals surface area (Å²) in [5, 5.41) is 6.38. The molecule has 4 nitrogen and oxygen atoms in total. The summed E-state index contributed by atoms with van der Waals surface area (Å²) >= 11 is 11.1. The lowest BCUT2D eigenvalue weighted by Gasteiger charge is -2.10. The van der Waals surface area contributed by atoms with Gasteiger partial charge in [-0.05, 0) is 72.2 Å². The number of amides is 1. The minimum Gasteiger partial charge on any atom is -0.332 e. The molecule has 1 aromatic heterocycles. The molecule has 0 aliphatic rings. The van der Waals surface area contributed by atoms with Gasteiger partial charge in [0.1, 0.15) is 0 Å². The fourth-order valence-electron chi connectivity index (χ4n) is 2.41. The first-order valence-electron chi connectivity index (χ1n) is 7.96. The molecule has 3 aromatic rings. The van der Waals surface area contributed by atoms with Crippen LogP contribution in [0.4, 0.5) is 5.69 Å². The van der Waals surface area contributed by atoms with Crippen molar-refractivity contribution < 1.29 is 4.79 Å². The van der Waals surface area contributed by atoms with E-state index in [9.17, 15) is 4.79 Å². The van der Waals surface area contributed by atoms with Crippen molar-refractivity contribution in [2.24, 2.45) is 0 Å². The van der Waals surface area contributed by atoms with Crippen molar-refractivity contribution in [1.29, 1.82) is 0 Å². The molecule has 6 heteroatoms. The summed E-state index contributed by atoms with van der Waals surface area (Å²) in [7, 11) is 0. The summed E-state index contributed by atoms with van der Waals surface area (Å²) in [6, 6.07) is 18.6. The van der Waals surface area contributed by atoms with Gasteiger partial charge >= 0.3 is 0 Å². The number of nitrogens with one attached hydrogen (secondary N) is 2.